The van der Waals surface area contributed by atoms with Gasteiger partial charge in [0.2, 0.25) is 0 Å². The molecule has 34 heavy (non-hydrogen) atoms. The number of benzene rings is 1. The summed E-state index contributed by atoms with van der Waals surface area (Å²) in [5.41, 5.74) is 0.256. The first-order valence-electron chi connectivity index (χ1n) is 9.53. The van der Waals surface area contributed by atoms with E-state index in [1.807, 2.05) is 0 Å². The number of alkyl halides is 5. The smallest absolute Gasteiger partial charge is 0.417 e. The third-order valence-electron chi connectivity index (χ3n) is 4.65. The molecule has 4 rings (SSSR count). The second kappa shape index (κ2) is 9.17. The average molecular weight is 495 g/mol. The van der Waals surface area contributed by atoms with Crippen LogP contribution in [0.5, 0.6) is 5.75 Å². The minimum Gasteiger partial charge on any atom is -0.434 e. The zero-order chi connectivity index (χ0) is 24.5. The van der Waals surface area contributed by atoms with Crippen molar-refractivity contribution in [2.24, 2.45) is 0 Å². The maximum atomic E-state index is 12.7. The number of aromatic nitrogens is 4. The number of carbonyl (C=O) groups excluding carboxylic acids is 1. The Bertz CT molecular complexity index is 1320. The van der Waals surface area contributed by atoms with Gasteiger partial charge >= 0.3 is 12.8 Å². The highest BCUT2D eigenvalue weighted by Crippen LogP contribution is 2.33. The number of hydrogen-bond acceptors (Lipinski definition) is 6. The van der Waals surface area contributed by atoms with Crippen LogP contribution in [0.15, 0.2) is 54.2 Å². The summed E-state index contributed by atoms with van der Waals surface area (Å²) in [6.45, 7) is -1.44. The number of rotatable bonds is 6. The van der Waals surface area contributed by atoms with Crippen LogP contribution in [0, 0.1) is 6.92 Å². The van der Waals surface area contributed by atoms with Crippen LogP contribution in [0.4, 0.5) is 27.1 Å². The third-order valence-corrected chi connectivity index (χ3v) is 5.41. The molecule has 0 unspecified atom stereocenters. The van der Waals surface area contributed by atoms with Crippen LogP contribution in [0.3, 0.4) is 0 Å². The molecule has 0 bridgehead atoms. The van der Waals surface area contributed by atoms with Gasteiger partial charge < -0.3 is 4.74 Å². The Morgan fingerprint density at radius 3 is 2.59 bits per heavy atom. The van der Waals surface area contributed by atoms with Crippen LogP contribution in [-0.2, 0) is 6.18 Å². The topological polar surface area (TPSA) is 81.9 Å². The van der Waals surface area contributed by atoms with Gasteiger partial charge in [0.1, 0.15) is 5.75 Å². The van der Waals surface area contributed by atoms with Crippen molar-refractivity contribution in [2.75, 3.05) is 5.32 Å². The molecule has 0 saturated carbocycles. The molecule has 1 aromatic carbocycles. The van der Waals surface area contributed by atoms with Crippen molar-refractivity contribution in [3.63, 3.8) is 0 Å². The molecule has 13 heteroatoms. The van der Waals surface area contributed by atoms with Gasteiger partial charge in [0, 0.05) is 17.1 Å². The normalized spacial score (nSPS) is 11.6. The largest absolute Gasteiger partial charge is 0.434 e. The number of anilines is 1. The van der Waals surface area contributed by atoms with Crippen molar-refractivity contribution in [3.05, 3.63) is 71.0 Å². The first-order valence-corrected chi connectivity index (χ1v) is 10.4. The lowest BCUT2D eigenvalue weighted by Crippen LogP contribution is -2.13. The molecular weight excluding hydrogens is 481 g/mol. The molecule has 7 nitrogen and oxygen atoms in total. The van der Waals surface area contributed by atoms with Crippen molar-refractivity contribution in [2.45, 2.75) is 19.7 Å². The highest BCUT2D eigenvalue weighted by Gasteiger charge is 2.31. The Kier molecular flexibility index (Phi) is 6.28. The lowest BCUT2D eigenvalue weighted by Gasteiger charge is -2.08. The van der Waals surface area contributed by atoms with Crippen molar-refractivity contribution in [1.29, 1.82) is 0 Å². The summed E-state index contributed by atoms with van der Waals surface area (Å²) in [4.78, 5) is 20.8. The number of nitrogens with one attached hydrogen (secondary N) is 1. The summed E-state index contributed by atoms with van der Waals surface area (Å²) in [6, 6.07) is 8.14. The Morgan fingerprint density at radius 1 is 1.15 bits per heavy atom. The van der Waals surface area contributed by atoms with Crippen molar-refractivity contribution in [1.82, 2.24) is 19.7 Å². The molecule has 0 atom stereocenters. The molecule has 0 radical (unpaired) electrons. The molecule has 0 aliphatic heterocycles. The number of nitrogens with zero attached hydrogens (tertiary/aromatic N) is 4. The number of hydrogen-bond donors (Lipinski definition) is 1. The first-order chi connectivity index (χ1) is 16.1. The number of amides is 1. The molecule has 0 aliphatic rings. The maximum absolute atomic E-state index is 12.7. The van der Waals surface area contributed by atoms with Crippen LogP contribution in [0.25, 0.3) is 17.1 Å². The molecule has 0 aliphatic carbocycles. The van der Waals surface area contributed by atoms with Crippen molar-refractivity contribution >= 4 is 22.4 Å². The van der Waals surface area contributed by atoms with E-state index in [0.717, 1.165) is 23.5 Å². The van der Waals surface area contributed by atoms with Crippen LogP contribution in [0.1, 0.15) is 21.6 Å². The van der Waals surface area contributed by atoms with E-state index in [4.69, 9.17) is 0 Å². The van der Waals surface area contributed by atoms with Gasteiger partial charge in [-0.05, 0) is 31.2 Å². The second-order valence-corrected chi connectivity index (χ2v) is 7.68. The predicted octanol–water partition coefficient (Wildman–Crippen LogP) is 5.57. The first kappa shape index (κ1) is 23.3. The molecule has 1 amide bonds. The summed E-state index contributed by atoms with van der Waals surface area (Å²) in [5, 5.41) is 8.42. The van der Waals surface area contributed by atoms with E-state index in [2.05, 4.69) is 25.1 Å². The summed E-state index contributed by atoms with van der Waals surface area (Å²) in [5.74, 6) is -0.507. The fourth-order valence-electron chi connectivity index (χ4n) is 3.04. The van der Waals surface area contributed by atoms with Gasteiger partial charge in [0.05, 0.1) is 28.7 Å². The van der Waals surface area contributed by atoms with E-state index in [1.165, 1.54) is 16.9 Å². The third kappa shape index (κ3) is 4.88. The number of thiazole rings is 1. The number of ether oxygens (including phenoxy) is 1. The molecule has 3 heterocycles. The maximum Gasteiger partial charge on any atom is 0.417 e. The Balaban J connectivity index is 1.52. The number of pyridine rings is 1. The zero-order valence-electron chi connectivity index (χ0n) is 17.2. The molecule has 0 fully saturated rings. The van der Waals surface area contributed by atoms with E-state index >= 15 is 0 Å². The van der Waals surface area contributed by atoms with E-state index in [1.54, 1.807) is 30.5 Å². The summed E-state index contributed by atoms with van der Waals surface area (Å²) < 4.78 is 69.3. The minimum absolute atomic E-state index is 0.0539. The number of carbonyl (C=O) groups is 1. The van der Waals surface area contributed by atoms with Crippen LogP contribution < -0.4 is 10.1 Å². The van der Waals surface area contributed by atoms with E-state index in [-0.39, 0.29) is 22.3 Å². The van der Waals surface area contributed by atoms with Gasteiger partial charge in [0.25, 0.3) is 5.91 Å². The summed E-state index contributed by atoms with van der Waals surface area (Å²) >= 11 is 1.08. The van der Waals surface area contributed by atoms with Crippen molar-refractivity contribution < 1.29 is 31.5 Å². The SMILES string of the molecule is Cc1c(C(=O)Nc2nc(-c3ccccc3OC(F)F)cs2)cnn1-c1ccc(C(F)(F)F)cn1. The van der Waals surface area contributed by atoms with Gasteiger partial charge in [0.15, 0.2) is 10.9 Å². The predicted molar refractivity (Wildman–Crippen MR) is 113 cm³/mol. The van der Waals surface area contributed by atoms with E-state index in [0.29, 0.717) is 23.1 Å². The second-order valence-electron chi connectivity index (χ2n) is 6.82. The Labute approximate surface area is 192 Å². The Hall–Kier alpha value is -3.87. The van der Waals surface area contributed by atoms with Gasteiger partial charge in [-0.15, -0.1) is 11.3 Å². The average Bonchev–Trinajstić information content (AvgIpc) is 3.40. The van der Waals surface area contributed by atoms with E-state index in [9.17, 15) is 26.7 Å². The molecule has 0 saturated heterocycles. The zero-order valence-corrected chi connectivity index (χ0v) is 18.0. The van der Waals surface area contributed by atoms with Crippen molar-refractivity contribution in [3.8, 4) is 22.8 Å². The fraction of sp³-hybridized carbons (Fsp3) is 0.143. The highest BCUT2D eigenvalue weighted by atomic mass is 32.1. The lowest BCUT2D eigenvalue weighted by molar-refractivity contribution is -0.137. The molecule has 176 valence electrons. The molecule has 4 aromatic rings. The van der Waals surface area contributed by atoms with E-state index < -0.39 is 24.3 Å². The molecular formula is C21H14F5N5O2S. The van der Waals surface area contributed by atoms with Crippen LogP contribution >= 0.6 is 11.3 Å². The van der Waals surface area contributed by atoms with Gasteiger partial charge in [-0.3, -0.25) is 10.1 Å². The van der Waals surface area contributed by atoms with Gasteiger partial charge in [-0.2, -0.15) is 27.1 Å². The monoisotopic (exact) mass is 495 g/mol. The lowest BCUT2D eigenvalue weighted by atomic mass is 10.1. The molecule has 3 aromatic heterocycles. The fourth-order valence-corrected chi connectivity index (χ4v) is 3.74. The Morgan fingerprint density at radius 2 is 1.91 bits per heavy atom. The molecule has 1 N–H and O–H groups in total. The van der Waals surface area contributed by atoms with Gasteiger partial charge in [-0.25, -0.2) is 14.6 Å². The van der Waals surface area contributed by atoms with Crippen LogP contribution in [0.2, 0.25) is 0 Å². The quantitative estimate of drug-likeness (QED) is 0.354. The summed E-state index contributed by atoms with van der Waals surface area (Å²) in [6.07, 6.45) is -2.58. The standard InChI is InChI=1S/C21H14F5N5O2S/c1-11-14(9-28-31(11)17-7-6-12(8-27-17)21(24,25)26)18(32)30-20-29-15(10-34-20)13-4-2-3-5-16(13)33-19(22)23/h2-10,19H,1H3,(H,29,30,32). The number of halogens is 5. The van der Waals surface area contributed by atoms with Crippen LogP contribution in [-0.4, -0.2) is 32.3 Å². The molecule has 0 spiro atoms. The van der Waals surface area contributed by atoms with Gasteiger partial charge in [-0.1, -0.05) is 12.1 Å². The highest BCUT2D eigenvalue weighted by molar-refractivity contribution is 7.14. The summed E-state index contributed by atoms with van der Waals surface area (Å²) in [7, 11) is 0. The number of para-hydroxylation sites is 1. The minimum atomic E-state index is -4.52.